The van der Waals surface area contributed by atoms with Crippen LogP contribution in [0.5, 0.6) is 0 Å². The van der Waals surface area contributed by atoms with Crippen molar-refractivity contribution in [3.8, 4) is 28.5 Å². The van der Waals surface area contributed by atoms with Crippen LogP contribution in [0.4, 0.5) is 10.2 Å². The summed E-state index contributed by atoms with van der Waals surface area (Å²) in [5.41, 5.74) is 3.93. The molecule has 34 heavy (non-hydrogen) atoms. The molecule has 0 unspecified atom stereocenters. The van der Waals surface area contributed by atoms with Crippen molar-refractivity contribution in [1.82, 2.24) is 4.98 Å². The normalized spacial score (nSPS) is 11.1. The van der Waals surface area contributed by atoms with Gasteiger partial charge in [-0.25, -0.2) is 22.9 Å². The Morgan fingerprint density at radius 1 is 0.941 bits per heavy atom. The first-order chi connectivity index (χ1) is 16.3. The fourth-order valence-electron chi connectivity index (χ4n) is 3.58. The lowest BCUT2D eigenvalue weighted by Crippen LogP contribution is -2.11. The second-order valence-corrected chi connectivity index (χ2v) is 9.19. The van der Waals surface area contributed by atoms with Crippen molar-refractivity contribution in [3.63, 3.8) is 0 Å². The topological polar surface area (TPSA) is 109 Å². The first-order valence-electron chi connectivity index (χ1n) is 10.5. The Labute approximate surface area is 197 Å². The maximum absolute atomic E-state index is 13.6. The van der Waals surface area contributed by atoms with Crippen molar-refractivity contribution in [2.24, 2.45) is 5.14 Å². The van der Waals surface area contributed by atoms with Crippen molar-refractivity contribution in [2.75, 3.05) is 11.9 Å². The molecule has 0 saturated carbocycles. The minimum absolute atomic E-state index is 0.0211. The maximum Gasteiger partial charge on any atom is 0.238 e. The van der Waals surface area contributed by atoms with E-state index in [9.17, 15) is 18.1 Å². The minimum atomic E-state index is -3.84. The van der Waals surface area contributed by atoms with Crippen LogP contribution in [0.1, 0.15) is 11.1 Å². The van der Waals surface area contributed by atoms with E-state index in [4.69, 9.17) is 10.1 Å². The summed E-state index contributed by atoms with van der Waals surface area (Å²) in [6.07, 6.45) is 0.746. The number of halogens is 1. The number of nitriles is 1. The molecule has 1 heterocycles. The highest BCUT2D eigenvalue weighted by Crippen LogP contribution is 2.34. The molecule has 4 aromatic rings. The van der Waals surface area contributed by atoms with Gasteiger partial charge in [0.15, 0.2) is 0 Å². The number of hydrogen-bond donors (Lipinski definition) is 2. The molecule has 0 aliphatic carbocycles. The Morgan fingerprint density at radius 3 is 2.21 bits per heavy atom. The Kier molecular flexibility index (Phi) is 6.68. The Hall–Kier alpha value is -4.06. The molecule has 1 aromatic heterocycles. The van der Waals surface area contributed by atoms with E-state index in [-0.39, 0.29) is 10.7 Å². The molecule has 6 nitrogen and oxygen atoms in total. The SMILES string of the molecule is N#Cc1cc(-c2ccc(S(N)(=O)=O)cc2)c(-c2ccc(F)cc2)nc1NCCc1ccccc1. The molecular formula is C26H21FN4O2S. The number of nitrogens with two attached hydrogens (primary N) is 1. The Morgan fingerprint density at radius 2 is 1.59 bits per heavy atom. The second-order valence-electron chi connectivity index (χ2n) is 7.63. The van der Waals surface area contributed by atoms with E-state index in [1.54, 1.807) is 30.3 Å². The summed E-state index contributed by atoms with van der Waals surface area (Å²) in [7, 11) is -3.84. The van der Waals surface area contributed by atoms with Crippen LogP contribution in [0.2, 0.25) is 0 Å². The van der Waals surface area contributed by atoms with Crippen LogP contribution in [0, 0.1) is 17.1 Å². The van der Waals surface area contributed by atoms with E-state index in [0.29, 0.717) is 40.3 Å². The molecule has 0 radical (unpaired) electrons. The molecule has 170 valence electrons. The monoisotopic (exact) mass is 472 g/mol. The molecule has 8 heteroatoms. The summed E-state index contributed by atoms with van der Waals surface area (Å²) >= 11 is 0. The van der Waals surface area contributed by atoms with Crippen LogP contribution in [0.3, 0.4) is 0 Å². The third-order valence-corrected chi connectivity index (χ3v) is 6.23. The molecule has 0 aliphatic heterocycles. The molecule has 0 atom stereocenters. The molecule has 0 saturated heterocycles. The van der Waals surface area contributed by atoms with Gasteiger partial charge in [0.1, 0.15) is 17.7 Å². The second kappa shape index (κ2) is 9.83. The number of benzene rings is 3. The predicted octanol–water partition coefficient (Wildman–Crippen LogP) is 4.73. The zero-order chi connectivity index (χ0) is 24.1. The average Bonchev–Trinajstić information content (AvgIpc) is 2.84. The summed E-state index contributed by atoms with van der Waals surface area (Å²) in [5, 5.41) is 18.2. The fourth-order valence-corrected chi connectivity index (χ4v) is 4.09. The number of primary sulfonamides is 1. The van der Waals surface area contributed by atoms with Gasteiger partial charge in [-0.15, -0.1) is 0 Å². The smallest absolute Gasteiger partial charge is 0.238 e. The summed E-state index contributed by atoms with van der Waals surface area (Å²) < 4.78 is 36.8. The molecule has 0 spiro atoms. The molecule has 0 fully saturated rings. The molecule has 0 amide bonds. The average molecular weight is 473 g/mol. The third-order valence-electron chi connectivity index (χ3n) is 5.30. The highest BCUT2D eigenvalue weighted by Gasteiger charge is 2.16. The van der Waals surface area contributed by atoms with Crippen molar-refractivity contribution < 1.29 is 12.8 Å². The number of rotatable bonds is 7. The van der Waals surface area contributed by atoms with Gasteiger partial charge < -0.3 is 5.32 Å². The van der Waals surface area contributed by atoms with Gasteiger partial charge in [0.25, 0.3) is 0 Å². The van der Waals surface area contributed by atoms with Gasteiger partial charge in [0.05, 0.1) is 16.2 Å². The summed E-state index contributed by atoms with van der Waals surface area (Å²) in [4.78, 5) is 4.70. The van der Waals surface area contributed by atoms with Crippen LogP contribution < -0.4 is 10.5 Å². The number of pyridine rings is 1. The lowest BCUT2D eigenvalue weighted by atomic mass is 9.97. The molecule has 3 aromatic carbocycles. The van der Waals surface area contributed by atoms with Crippen LogP contribution >= 0.6 is 0 Å². The number of sulfonamides is 1. The van der Waals surface area contributed by atoms with E-state index < -0.39 is 10.0 Å². The van der Waals surface area contributed by atoms with Gasteiger partial charge in [-0.3, -0.25) is 0 Å². The fraction of sp³-hybridized carbons (Fsp3) is 0.0769. The standard InChI is InChI=1S/C26H21FN4O2S/c27-22-10-6-20(7-11-22)25-24(19-8-12-23(13-9-19)34(29,32)33)16-21(17-28)26(31-25)30-15-14-18-4-2-1-3-5-18/h1-13,16H,14-15H2,(H,30,31)(H2,29,32,33). The third kappa shape index (κ3) is 5.29. The van der Waals surface area contributed by atoms with E-state index in [1.165, 1.54) is 24.3 Å². The molecule has 0 aliphatic rings. The number of hydrogen-bond acceptors (Lipinski definition) is 5. The summed E-state index contributed by atoms with van der Waals surface area (Å²) in [6, 6.07) is 25.7. The van der Waals surface area contributed by atoms with Gasteiger partial charge >= 0.3 is 0 Å². The van der Waals surface area contributed by atoms with Crippen LogP contribution in [0.15, 0.2) is 89.8 Å². The number of nitrogens with one attached hydrogen (secondary N) is 1. The predicted molar refractivity (Wildman–Crippen MR) is 130 cm³/mol. The van der Waals surface area contributed by atoms with Crippen LogP contribution in [-0.2, 0) is 16.4 Å². The van der Waals surface area contributed by atoms with E-state index in [0.717, 1.165) is 12.0 Å². The van der Waals surface area contributed by atoms with Gasteiger partial charge in [0, 0.05) is 17.7 Å². The molecular weight excluding hydrogens is 451 g/mol. The quantitative estimate of drug-likeness (QED) is 0.404. The van der Waals surface area contributed by atoms with Gasteiger partial charge in [-0.1, -0.05) is 42.5 Å². The zero-order valence-electron chi connectivity index (χ0n) is 18.1. The lowest BCUT2D eigenvalue weighted by Gasteiger charge is -2.15. The number of anilines is 1. The lowest BCUT2D eigenvalue weighted by molar-refractivity contribution is 0.598. The van der Waals surface area contributed by atoms with E-state index in [2.05, 4.69) is 11.4 Å². The van der Waals surface area contributed by atoms with Crippen LogP contribution in [0.25, 0.3) is 22.4 Å². The number of aromatic nitrogens is 1. The summed E-state index contributed by atoms with van der Waals surface area (Å²) in [6.45, 7) is 0.566. The van der Waals surface area contributed by atoms with Crippen molar-refractivity contribution in [2.45, 2.75) is 11.3 Å². The minimum Gasteiger partial charge on any atom is -0.369 e. The van der Waals surface area contributed by atoms with Gasteiger partial charge in [-0.2, -0.15) is 5.26 Å². The zero-order valence-corrected chi connectivity index (χ0v) is 18.9. The number of nitrogens with zero attached hydrogens (tertiary/aromatic N) is 2. The summed E-state index contributed by atoms with van der Waals surface area (Å²) in [5.74, 6) is 0.0420. The van der Waals surface area contributed by atoms with E-state index in [1.807, 2.05) is 30.3 Å². The maximum atomic E-state index is 13.6. The highest BCUT2D eigenvalue weighted by molar-refractivity contribution is 7.89. The Bertz CT molecular complexity index is 1450. The van der Waals surface area contributed by atoms with Crippen LogP contribution in [-0.4, -0.2) is 19.9 Å². The van der Waals surface area contributed by atoms with Crippen molar-refractivity contribution >= 4 is 15.8 Å². The van der Waals surface area contributed by atoms with E-state index >= 15 is 0 Å². The van der Waals surface area contributed by atoms with Crippen molar-refractivity contribution in [3.05, 3.63) is 102 Å². The Balaban J connectivity index is 1.75. The molecule has 4 rings (SSSR count). The molecule has 3 N–H and O–H groups in total. The highest BCUT2D eigenvalue weighted by atomic mass is 32.2. The van der Waals surface area contributed by atoms with Gasteiger partial charge in [-0.05, 0) is 60.0 Å². The first kappa shape index (κ1) is 23.1. The molecule has 0 bridgehead atoms. The largest absolute Gasteiger partial charge is 0.369 e. The first-order valence-corrected chi connectivity index (χ1v) is 12.0. The van der Waals surface area contributed by atoms with Crippen molar-refractivity contribution in [1.29, 1.82) is 5.26 Å². The van der Waals surface area contributed by atoms with Gasteiger partial charge in [0.2, 0.25) is 10.0 Å².